The molecule has 0 saturated carbocycles. The molecule has 1 heterocycles. The smallest absolute Gasteiger partial charge is 1.00 e. The van der Waals surface area contributed by atoms with Gasteiger partial charge in [0, 0.05) is 12.8 Å². The van der Waals surface area contributed by atoms with E-state index in [2.05, 4.69) is 13.8 Å². The molecule has 3 atom stereocenters. The monoisotopic (exact) mass is 746 g/mol. The van der Waals surface area contributed by atoms with Gasteiger partial charge in [0.2, 0.25) is 0 Å². The second-order valence-electron chi connectivity index (χ2n) is 13.9. The average molecular weight is 747 g/mol. The van der Waals surface area contributed by atoms with Crippen molar-refractivity contribution in [2.75, 3.05) is 26.4 Å². The maximum atomic E-state index is 12.6. The maximum Gasteiger partial charge on any atom is 2.00 e. The molecule has 1 fully saturated rings. The Morgan fingerprint density at radius 2 is 1.14 bits per heavy atom. The van der Waals surface area contributed by atoms with Gasteiger partial charge < -0.3 is 34.3 Å². The van der Waals surface area contributed by atoms with E-state index in [1.807, 2.05) is 0 Å². The Balaban J connectivity index is 0. The normalized spacial score (nSPS) is 17.3. The van der Waals surface area contributed by atoms with Gasteiger partial charge in [-0.15, -0.1) is 0 Å². The van der Waals surface area contributed by atoms with E-state index >= 15 is 0 Å². The van der Waals surface area contributed by atoms with E-state index in [4.69, 9.17) is 28.0 Å². The SMILES string of the molecule is CCCCCCCCCCCCCC(=O)OC[C@H](COP(=O)([O-])OCC1COC(C)(C)O1)OC(=O)CCCCCCCCCCCCC.[Ca+2].[H-]. The number of rotatable bonds is 33. The number of phosphoric acid groups is 1. The third-order valence-electron chi connectivity index (χ3n) is 8.60. The van der Waals surface area contributed by atoms with Crippen LogP contribution in [-0.2, 0) is 42.1 Å². The second kappa shape index (κ2) is 31.7. The molecular formula is C37H71CaO10P. The van der Waals surface area contributed by atoms with Gasteiger partial charge in [-0.1, -0.05) is 142 Å². The zero-order chi connectivity index (χ0) is 35.4. The van der Waals surface area contributed by atoms with Crippen molar-refractivity contribution < 1.29 is 48.5 Å². The molecule has 2 unspecified atom stereocenters. The summed E-state index contributed by atoms with van der Waals surface area (Å²) in [6.07, 6.45) is 24.7. The van der Waals surface area contributed by atoms with Gasteiger partial charge in [0.1, 0.15) is 12.7 Å². The van der Waals surface area contributed by atoms with Crippen LogP contribution in [0.1, 0.15) is 183 Å². The number of esters is 2. The fraction of sp³-hybridized carbons (Fsp3) is 0.946. The molecule has 1 rings (SSSR count). The first-order chi connectivity index (χ1) is 23.1. The summed E-state index contributed by atoms with van der Waals surface area (Å²) in [5, 5.41) is 0. The predicted octanol–water partition coefficient (Wildman–Crippen LogP) is 9.23. The molecule has 0 spiro atoms. The van der Waals surface area contributed by atoms with Crippen LogP contribution < -0.4 is 4.89 Å². The predicted molar refractivity (Wildman–Crippen MR) is 194 cm³/mol. The van der Waals surface area contributed by atoms with Crippen LogP contribution in [0.15, 0.2) is 0 Å². The van der Waals surface area contributed by atoms with E-state index in [9.17, 15) is 19.0 Å². The molecule has 0 amide bonds. The van der Waals surface area contributed by atoms with E-state index in [0.717, 1.165) is 38.5 Å². The van der Waals surface area contributed by atoms with E-state index in [-0.39, 0.29) is 71.8 Å². The quantitative estimate of drug-likeness (QED) is 0.0277. The number of hydrogen-bond donors (Lipinski definition) is 0. The van der Waals surface area contributed by atoms with Crippen molar-refractivity contribution in [1.29, 1.82) is 0 Å². The Bertz CT molecular complexity index is 866. The summed E-state index contributed by atoms with van der Waals surface area (Å²) in [5.74, 6) is -1.69. The van der Waals surface area contributed by atoms with Crippen LogP contribution in [0.4, 0.5) is 0 Å². The van der Waals surface area contributed by atoms with Crippen molar-refractivity contribution in [2.45, 2.75) is 200 Å². The minimum Gasteiger partial charge on any atom is -1.00 e. The Morgan fingerprint density at radius 1 is 0.714 bits per heavy atom. The van der Waals surface area contributed by atoms with Gasteiger partial charge in [-0.2, -0.15) is 0 Å². The maximum absolute atomic E-state index is 12.6. The molecule has 10 nitrogen and oxygen atoms in total. The Kier molecular flexibility index (Phi) is 31.9. The van der Waals surface area contributed by atoms with Gasteiger partial charge in [0.05, 0.1) is 19.8 Å². The van der Waals surface area contributed by atoms with Crippen LogP contribution in [0.25, 0.3) is 0 Å². The Hall–Kier alpha value is 0.230. The Labute approximate surface area is 330 Å². The van der Waals surface area contributed by atoms with Crippen LogP contribution in [0, 0.1) is 0 Å². The molecule has 0 aliphatic carbocycles. The molecule has 0 N–H and O–H groups in total. The summed E-state index contributed by atoms with van der Waals surface area (Å²) >= 11 is 0. The zero-order valence-electron chi connectivity index (χ0n) is 32.7. The average Bonchev–Trinajstić information content (AvgIpc) is 3.41. The van der Waals surface area contributed by atoms with Gasteiger partial charge in [0.15, 0.2) is 11.9 Å². The van der Waals surface area contributed by atoms with Gasteiger partial charge in [-0.3, -0.25) is 14.2 Å². The summed E-state index contributed by atoms with van der Waals surface area (Å²) in [6, 6.07) is 0. The summed E-state index contributed by atoms with van der Waals surface area (Å²) in [5.41, 5.74) is 0. The summed E-state index contributed by atoms with van der Waals surface area (Å²) in [6.45, 7) is 7.06. The van der Waals surface area contributed by atoms with Crippen LogP contribution in [0.3, 0.4) is 0 Å². The molecule has 1 aliphatic heterocycles. The molecule has 0 aromatic carbocycles. The summed E-state index contributed by atoms with van der Waals surface area (Å²) < 4.78 is 44.3. The third kappa shape index (κ3) is 30.4. The fourth-order valence-corrected chi connectivity index (χ4v) is 6.49. The van der Waals surface area contributed by atoms with Crippen LogP contribution >= 0.6 is 7.82 Å². The van der Waals surface area contributed by atoms with Crippen LogP contribution in [0.2, 0.25) is 0 Å². The minimum atomic E-state index is -4.74. The zero-order valence-corrected chi connectivity index (χ0v) is 34.8. The first kappa shape index (κ1) is 49.2. The third-order valence-corrected chi connectivity index (χ3v) is 9.53. The van der Waals surface area contributed by atoms with Crippen LogP contribution in [-0.4, -0.2) is 94.1 Å². The Morgan fingerprint density at radius 3 is 1.57 bits per heavy atom. The van der Waals surface area contributed by atoms with Gasteiger partial charge in [-0.05, 0) is 26.7 Å². The second-order valence-corrected chi connectivity index (χ2v) is 15.3. The minimum absolute atomic E-state index is 0. The number of ether oxygens (including phenoxy) is 4. The van der Waals surface area contributed by atoms with Crippen molar-refractivity contribution in [2.24, 2.45) is 0 Å². The van der Waals surface area contributed by atoms with E-state index < -0.39 is 44.4 Å². The molecule has 286 valence electrons. The number of unbranched alkanes of at least 4 members (excludes halogenated alkanes) is 20. The molecule has 12 heteroatoms. The largest absolute Gasteiger partial charge is 2.00 e. The number of phosphoric ester groups is 1. The van der Waals surface area contributed by atoms with E-state index in [1.165, 1.54) is 96.3 Å². The topological polar surface area (TPSA) is 130 Å². The number of carbonyl (C=O) groups excluding carboxylic acids is 2. The van der Waals surface area contributed by atoms with Crippen molar-refractivity contribution in [1.82, 2.24) is 0 Å². The first-order valence-electron chi connectivity index (χ1n) is 19.3. The fourth-order valence-electron chi connectivity index (χ4n) is 5.72. The molecular weight excluding hydrogens is 675 g/mol. The van der Waals surface area contributed by atoms with E-state index in [1.54, 1.807) is 13.8 Å². The molecule has 49 heavy (non-hydrogen) atoms. The van der Waals surface area contributed by atoms with Crippen molar-refractivity contribution >= 4 is 57.5 Å². The van der Waals surface area contributed by atoms with Gasteiger partial charge in [0.25, 0.3) is 7.82 Å². The molecule has 1 saturated heterocycles. The molecule has 0 aromatic heterocycles. The van der Waals surface area contributed by atoms with Crippen LogP contribution in [0.5, 0.6) is 0 Å². The summed E-state index contributed by atoms with van der Waals surface area (Å²) in [7, 11) is -4.74. The van der Waals surface area contributed by atoms with Crippen molar-refractivity contribution in [3.63, 3.8) is 0 Å². The molecule has 1 aliphatic rings. The standard InChI is InChI=1S/C37H71O10P.Ca.H/c1-5-7-9-11-13-15-17-19-21-23-25-27-35(38)42-29-33(31-44-48(40,41)45-32-34-30-43-37(3,4)47-34)46-36(39)28-26-24-22-20-18-16-14-12-10-8-6-2;;/h33-34H,5-32H2,1-4H3,(H,40,41);;/q;+2;-1/p-1/t33-,34?;;/m1../s1. The first-order valence-corrected chi connectivity index (χ1v) is 20.8. The number of carbonyl (C=O) groups is 2. The van der Waals surface area contributed by atoms with Crippen molar-refractivity contribution in [3.05, 3.63) is 0 Å². The molecule has 0 bridgehead atoms. The van der Waals surface area contributed by atoms with Crippen molar-refractivity contribution in [3.8, 4) is 0 Å². The van der Waals surface area contributed by atoms with Gasteiger partial charge in [-0.25, -0.2) is 0 Å². The number of hydrogen-bond acceptors (Lipinski definition) is 10. The van der Waals surface area contributed by atoms with Gasteiger partial charge >= 0.3 is 49.7 Å². The molecule has 0 aromatic rings. The van der Waals surface area contributed by atoms with E-state index in [0.29, 0.717) is 6.42 Å². The summed E-state index contributed by atoms with van der Waals surface area (Å²) in [4.78, 5) is 37.4. The molecule has 0 radical (unpaired) electrons.